The molecule has 13 rings (SSSR count). The number of nitrogens with zero attached hydrogens (tertiary/aromatic N) is 5. The van der Waals surface area contributed by atoms with E-state index in [9.17, 15) is 0 Å². The summed E-state index contributed by atoms with van der Waals surface area (Å²) < 4.78 is 4.91. The number of benzene rings is 10. The molecule has 0 fully saturated rings. The maximum atomic E-state index is 5.33. The fraction of sp³-hybridized carbons (Fsp3) is 0. The highest BCUT2D eigenvalue weighted by Crippen LogP contribution is 2.42. The van der Waals surface area contributed by atoms with Gasteiger partial charge in [-0.2, -0.15) is 0 Å². The van der Waals surface area contributed by atoms with Gasteiger partial charge in [0.25, 0.3) is 0 Å². The lowest BCUT2D eigenvalue weighted by Gasteiger charge is -2.17. The standard InChI is InChI=1S/C63H41N5/c1-5-18-42(19-6-1)45-32-34-47(35-33-45)62-64-61(46-24-11-4-12-25-46)65-63(66-62)50-38-49(44-22-9-3-10-23-44)39-51(40-50)67-59-41-48(43-20-7-2-8-21-43)36-37-54(59)55-28-17-31-58(60(55)67)68-56-29-15-13-26-52(56)53-27-14-16-30-57(53)68/h1-41H. The summed E-state index contributed by atoms with van der Waals surface area (Å²) in [5.74, 6) is 1.81. The van der Waals surface area contributed by atoms with Gasteiger partial charge >= 0.3 is 0 Å². The molecule has 10 aromatic carbocycles. The third-order valence-electron chi connectivity index (χ3n) is 13.2. The van der Waals surface area contributed by atoms with Crippen LogP contribution in [0.5, 0.6) is 0 Å². The van der Waals surface area contributed by atoms with Gasteiger partial charge in [0.15, 0.2) is 17.5 Å². The monoisotopic (exact) mass is 867 g/mol. The first kappa shape index (κ1) is 39.2. The van der Waals surface area contributed by atoms with Crippen LogP contribution < -0.4 is 0 Å². The average molecular weight is 868 g/mol. The van der Waals surface area contributed by atoms with Gasteiger partial charge < -0.3 is 9.13 Å². The first-order valence-corrected chi connectivity index (χ1v) is 23.0. The fourth-order valence-corrected chi connectivity index (χ4v) is 9.95. The van der Waals surface area contributed by atoms with E-state index in [1.165, 1.54) is 21.5 Å². The van der Waals surface area contributed by atoms with E-state index in [-0.39, 0.29) is 0 Å². The number of hydrogen-bond acceptors (Lipinski definition) is 3. The molecule has 0 spiro atoms. The van der Waals surface area contributed by atoms with Gasteiger partial charge in [-0.3, -0.25) is 0 Å². The molecule has 5 heteroatoms. The molecular weight excluding hydrogens is 827 g/mol. The molecular formula is C63H41N5. The van der Waals surface area contributed by atoms with Gasteiger partial charge in [-0.25, -0.2) is 15.0 Å². The Bertz CT molecular complexity index is 3930. The highest BCUT2D eigenvalue weighted by molar-refractivity contribution is 6.15. The molecule has 0 unspecified atom stereocenters. The lowest BCUT2D eigenvalue weighted by Crippen LogP contribution is -2.03. The lowest BCUT2D eigenvalue weighted by molar-refractivity contribution is 1.07. The summed E-state index contributed by atoms with van der Waals surface area (Å²) in [6.07, 6.45) is 0. The van der Waals surface area contributed by atoms with Gasteiger partial charge in [0.05, 0.1) is 27.8 Å². The minimum absolute atomic E-state index is 0.591. The Labute approximate surface area is 393 Å². The molecule has 0 aliphatic carbocycles. The number of aromatic nitrogens is 5. The zero-order chi connectivity index (χ0) is 45.0. The van der Waals surface area contributed by atoms with Crippen LogP contribution >= 0.6 is 0 Å². The maximum absolute atomic E-state index is 5.33. The molecule has 5 nitrogen and oxygen atoms in total. The Hall–Kier alpha value is -9.19. The van der Waals surface area contributed by atoms with Crippen LogP contribution in [0.2, 0.25) is 0 Å². The van der Waals surface area contributed by atoms with Crippen LogP contribution in [-0.4, -0.2) is 24.1 Å². The van der Waals surface area contributed by atoms with Crippen LogP contribution in [0.25, 0.3) is 123 Å². The molecule has 0 saturated heterocycles. The van der Waals surface area contributed by atoms with E-state index >= 15 is 0 Å². The van der Waals surface area contributed by atoms with Crippen LogP contribution in [0.4, 0.5) is 0 Å². The minimum atomic E-state index is 0.591. The molecule has 3 aromatic heterocycles. The van der Waals surface area contributed by atoms with Crippen LogP contribution in [0.15, 0.2) is 249 Å². The summed E-state index contributed by atoms with van der Waals surface area (Å²) in [4.78, 5) is 15.8. The quantitative estimate of drug-likeness (QED) is 0.153. The van der Waals surface area contributed by atoms with Gasteiger partial charge in [0.2, 0.25) is 0 Å². The van der Waals surface area contributed by atoms with Gasteiger partial charge in [0, 0.05) is 43.9 Å². The zero-order valence-electron chi connectivity index (χ0n) is 36.9. The van der Waals surface area contributed by atoms with E-state index in [4.69, 9.17) is 15.0 Å². The normalized spacial score (nSPS) is 11.5. The number of hydrogen-bond donors (Lipinski definition) is 0. The summed E-state index contributed by atoms with van der Waals surface area (Å²) in [7, 11) is 0. The number of fused-ring (bicyclic) bond motifs is 6. The van der Waals surface area contributed by atoms with E-state index in [1.54, 1.807) is 0 Å². The topological polar surface area (TPSA) is 48.5 Å². The Morgan fingerprint density at radius 2 is 0.647 bits per heavy atom. The molecule has 0 aliphatic rings. The highest BCUT2D eigenvalue weighted by atomic mass is 15.1. The van der Waals surface area contributed by atoms with Crippen molar-refractivity contribution in [1.82, 2.24) is 24.1 Å². The van der Waals surface area contributed by atoms with Crippen molar-refractivity contribution in [2.24, 2.45) is 0 Å². The smallest absolute Gasteiger partial charge is 0.164 e. The van der Waals surface area contributed by atoms with E-state index in [0.717, 1.165) is 83.5 Å². The number of rotatable bonds is 8. The Balaban J connectivity index is 1.10. The largest absolute Gasteiger partial charge is 0.307 e. The molecule has 0 saturated carbocycles. The van der Waals surface area contributed by atoms with E-state index in [1.807, 2.05) is 24.3 Å². The van der Waals surface area contributed by atoms with Crippen molar-refractivity contribution in [1.29, 1.82) is 0 Å². The summed E-state index contributed by atoms with van der Waals surface area (Å²) in [6.45, 7) is 0. The summed E-state index contributed by atoms with van der Waals surface area (Å²) in [6, 6.07) is 88.3. The minimum Gasteiger partial charge on any atom is -0.307 e. The Morgan fingerprint density at radius 3 is 1.25 bits per heavy atom. The van der Waals surface area contributed by atoms with Crippen LogP contribution in [0.1, 0.15) is 0 Å². The SMILES string of the molecule is c1ccc(-c2ccc(-c3nc(-c4ccccc4)nc(-c4cc(-c5ccccc5)cc(-n5c6cc(-c7ccccc7)ccc6c6cccc(-n7c8ccccc8c8ccccc87)c65)c4)n3)cc2)cc1. The van der Waals surface area contributed by atoms with E-state index < -0.39 is 0 Å². The predicted molar refractivity (Wildman–Crippen MR) is 281 cm³/mol. The molecule has 0 radical (unpaired) electrons. The molecule has 68 heavy (non-hydrogen) atoms. The van der Waals surface area contributed by atoms with Gasteiger partial charge in [0.1, 0.15) is 0 Å². The third kappa shape index (κ3) is 6.76. The molecule has 3 heterocycles. The van der Waals surface area contributed by atoms with Crippen molar-refractivity contribution in [3.05, 3.63) is 249 Å². The van der Waals surface area contributed by atoms with Gasteiger partial charge in [-0.15, -0.1) is 0 Å². The van der Waals surface area contributed by atoms with Crippen LogP contribution in [0.3, 0.4) is 0 Å². The molecule has 0 aliphatic heterocycles. The molecule has 0 bridgehead atoms. The second-order valence-electron chi connectivity index (χ2n) is 17.2. The lowest BCUT2D eigenvalue weighted by atomic mass is 10.0. The second kappa shape index (κ2) is 16.4. The van der Waals surface area contributed by atoms with Crippen molar-refractivity contribution < 1.29 is 0 Å². The van der Waals surface area contributed by atoms with Crippen LogP contribution in [-0.2, 0) is 0 Å². The third-order valence-corrected chi connectivity index (χ3v) is 13.2. The summed E-state index contributed by atoms with van der Waals surface area (Å²) in [5, 5.41) is 4.77. The van der Waals surface area contributed by atoms with Crippen molar-refractivity contribution >= 4 is 43.6 Å². The average Bonchev–Trinajstić information content (AvgIpc) is 3.94. The fourth-order valence-electron chi connectivity index (χ4n) is 9.95. The van der Waals surface area contributed by atoms with E-state index in [2.05, 4.69) is 234 Å². The van der Waals surface area contributed by atoms with Crippen LogP contribution in [0, 0.1) is 0 Å². The predicted octanol–water partition coefficient (Wildman–Crippen LogP) is 16.1. The Morgan fingerprint density at radius 1 is 0.235 bits per heavy atom. The van der Waals surface area contributed by atoms with Gasteiger partial charge in [-0.05, 0) is 75.8 Å². The Kier molecular flexibility index (Phi) is 9.43. The first-order valence-electron chi connectivity index (χ1n) is 23.0. The molecule has 13 aromatic rings. The highest BCUT2D eigenvalue weighted by Gasteiger charge is 2.22. The molecule has 0 atom stereocenters. The maximum Gasteiger partial charge on any atom is 0.164 e. The molecule has 0 N–H and O–H groups in total. The second-order valence-corrected chi connectivity index (χ2v) is 17.2. The van der Waals surface area contributed by atoms with E-state index in [0.29, 0.717) is 17.5 Å². The first-order chi connectivity index (χ1) is 33.7. The summed E-state index contributed by atoms with van der Waals surface area (Å²) >= 11 is 0. The number of para-hydroxylation sites is 3. The molecule has 318 valence electrons. The van der Waals surface area contributed by atoms with Crippen molar-refractivity contribution in [2.45, 2.75) is 0 Å². The van der Waals surface area contributed by atoms with Gasteiger partial charge in [-0.1, -0.05) is 206 Å². The zero-order valence-corrected chi connectivity index (χ0v) is 36.9. The molecule has 0 amide bonds. The van der Waals surface area contributed by atoms with Crippen molar-refractivity contribution in [3.63, 3.8) is 0 Å². The van der Waals surface area contributed by atoms with Crippen molar-refractivity contribution in [2.75, 3.05) is 0 Å². The van der Waals surface area contributed by atoms with Crippen molar-refractivity contribution in [3.8, 4) is 78.9 Å². The summed E-state index contributed by atoms with van der Waals surface area (Å²) in [5.41, 5.74) is 16.1.